The number of fused-ring (bicyclic) bond motifs is 1. The Balaban J connectivity index is 1.52. The van der Waals surface area contributed by atoms with Gasteiger partial charge in [0, 0.05) is 0 Å². The number of anilines is 1. The van der Waals surface area contributed by atoms with E-state index in [2.05, 4.69) is 15.6 Å². The van der Waals surface area contributed by atoms with E-state index in [0.29, 0.717) is 5.13 Å². The van der Waals surface area contributed by atoms with Crippen molar-refractivity contribution in [1.29, 1.82) is 0 Å². The Morgan fingerprint density at radius 3 is 2.67 bits per heavy atom. The topological polar surface area (TPSA) is 71.1 Å². The summed E-state index contributed by atoms with van der Waals surface area (Å²) in [5.41, 5.74) is 2.92. The van der Waals surface area contributed by atoms with Crippen LogP contribution in [-0.2, 0) is 16.0 Å². The third-order valence-electron chi connectivity index (χ3n) is 3.44. The molecule has 6 heteroatoms. The van der Waals surface area contributed by atoms with Gasteiger partial charge in [-0.05, 0) is 30.2 Å². The summed E-state index contributed by atoms with van der Waals surface area (Å²) in [6.07, 6.45) is 0.258. The van der Waals surface area contributed by atoms with Crippen LogP contribution in [0.25, 0.3) is 10.2 Å². The maximum absolute atomic E-state index is 12.0. The Morgan fingerprint density at radius 2 is 1.88 bits per heavy atom. The molecule has 1 heterocycles. The van der Waals surface area contributed by atoms with Crippen molar-refractivity contribution in [3.63, 3.8) is 0 Å². The number of thiazole rings is 1. The van der Waals surface area contributed by atoms with Crippen molar-refractivity contribution >= 4 is 38.5 Å². The molecule has 0 unspecified atom stereocenters. The first-order valence-electron chi connectivity index (χ1n) is 7.58. The number of carbonyl (C=O) groups is 2. The average molecular weight is 339 g/mol. The molecule has 122 valence electrons. The molecule has 0 bridgehead atoms. The fraction of sp³-hybridized carbons (Fsp3) is 0.167. The van der Waals surface area contributed by atoms with E-state index in [0.717, 1.165) is 21.3 Å². The standard InChI is InChI=1S/C18H17N3O2S/c1-12-7-8-14-15(9-12)24-18(20-14)21-17(23)11-19-16(22)10-13-5-3-2-4-6-13/h2-9H,10-11H2,1H3,(H,19,22)(H,20,21,23). The van der Waals surface area contributed by atoms with Gasteiger partial charge in [0.1, 0.15) is 0 Å². The van der Waals surface area contributed by atoms with Gasteiger partial charge in [0.2, 0.25) is 11.8 Å². The van der Waals surface area contributed by atoms with Gasteiger partial charge in [-0.2, -0.15) is 0 Å². The van der Waals surface area contributed by atoms with E-state index in [4.69, 9.17) is 0 Å². The Labute approximate surface area is 143 Å². The molecular weight excluding hydrogens is 322 g/mol. The number of carbonyl (C=O) groups excluding carboxylic acids is 2. The smallest absolute Gasteiger partial charge is 0.245 e. The molecule has 2 aromatic carbocycles. The molecule has 0 aliphatic heterocycles. The van der Waals surface area contributed by atoms with Crippen molar-refractivity contribution in [2.24, 2.45) is 0 Å². The van der Waals surface area contributed by atoms with E-state index < -0.39 is 0 Å². The summed E-state index contributed by atoms with van der Waals surface area (Å²) < 4.78 is 1.03. The quantitative estimate of drug-likeness (QED) is 0.751. The monoisotopic (exact) mass is 339 g/mol. The number of rotatable bonds is 5. The molecule has 0 radical (unpaired) electrons. The lowest BCUT2D eigenvalue weighted by atomic mass is 10.1. The number of nitrogens with zero attached hydrogens (tertiary/aromatic N) is 1. The maximum atomic E-state index is 12.0. The number of hydrogen-bond acceptors (Lipinski definition) is 4. The van der Waals surface area contributed by atoms with Crippen LogP contribution in [0.15, 0.2) is 48.5 Å². The fourth-order valence-corrected chi connectivity index (χ4v) is 3.25. The molecule has 0 aliphatic carbocycles. The maximum Gasteiger partial charge on any atom is 0.245 e. The lowest BCUT2D eigenvalue weighted by molar-refractivity contribution is -0.123. The first-order chi connectivity index (χ1) is 11.6. The largest absolute Gasteiger partial charge is 0.347 e. The summed E-state index contributed by atoms with van der Waals surface area (Å²) in [6.45, 7) is 1.94. The van der Waals surface area contributed by atoms with Crippen LogP contribution in [0.3, 0.4) is 0 Å². The minimum Gasteiger partial charge on any atom is -0.347 e. The van der Waals surface area contributed by atoms with Gasteiger partial charge in [0.05, 0.1) is 23.2 Å². The van der Waals surface area contributed by atoms with E-state index in [1.165, 1.54) is 11.3 Å². The molecule has 3 aromatic rings. The molecule has 0 saturated heterocycles. The lowest BCUT2D eigenvalue weighted by Crippen LogP contribution is -2.33. The predicted molar refractivity (Wildman–Crippen MR) is 96.1 cm³/mol. The summed E-state index contributed by atoms with van der Waals surface area (Å²) >= 11 is 1.42. The second kappa shape index (κ2) is 7.23. The zero-order valence-electron chi connectivity index (χ0n) is 13.2. The van der Waals surface area contributed by atoms with Crippen molar-refractivity contribution in [1.82, 2.24) is 10.3 Å². The SMILES string of the molecule is Cc1ccc2nc(NC(=O)CNC(=O)Cc3ccccc3)sc2c1. The fourth-order valence-electron chi connectivity index (χ4n) is 2.27. The number of aryl methyl sites for hydroxylation is 1. The minimum absolute atomic E-state index is 0.0688. The number of hydrogen-bond donors (Lipinski definition) is 2. The zero-order valence-corrected chi connectivity index (χ0v) is 14.0. The summed E-state index contributed by atoms with van der Waals surface area (Å²) in [5.74, 6) is -0.469. The minimum atomic E-state index is -0.285. The van der Waals surface area contributed by atoms with Gasteiger partial charge >= 0.3 is 0 Å². The molecule has 0 saturated carbocycles. The van der Waals surface area contributed by atoms with Gasteiger partial charge in [0.25, 0.3) is 0 Å². The molecule has 2 N–H and O–H groups in total. The number of aromatic nitrogens is 1. The van der Waals surface area contributed by atoms with Gasteiger partial charge in [-0.25, -0.2) is 4.98 Å². The molecule has 3 rings (SSSR count). The third kappa shape index (κ3) is 4.17. The Hall–Kier alpha value is -2.73. The number of amides is 2. The molecule has 24 heavy (non-hydrogen) atoms. The lowest BCUT2D eigenvalue weighted by Gasteiger charge is -2.05. The van der Waals surface area contributed by atoms with Gasteiger partial charge in [-0.15, -0.1) is 0 Å². The van der Waals surface area contributed by atoms with Crippen LogP contribution in [-0.4, -0.2) is 23.3 Å². The normalized spacial score (nSPS) is 10.5. The van der Waals surface area contributed by atoms with Gasteiger partial charge in [-0.1, -0.05) is 47.7 Å². The van der Waals surface area contributed by atoms with Crippen LogP contribution in [0.5, 0.6) is 0 Å². The summed E-state index contributed by atoms with van der Waals surface area (Å²) in [4.78, 5) is 28.2. The first kappa shape index (κ1) is 16.1. The highest BCUT2D eigenvalue weighted by Crippen LogP contribution is 2.26. The number of nitrogens with one attached hydrogen (secondary N) is 2. The Morgan fingerprint density at radius 1 is 1.08 bits per heavy atom. The van der Waals surface area contributed by atoms with Crippen LogP contribution in [0.4, 0.5) is 5.13 Å². The van der Waals surface area contributed by atoms with Crippen molar-refractivity contribution in [2.45, 2.75) is 13.3 Å². The molecule has 5 nitrogen and oxygen atoms in total. The molecule has 1 aromatic heterocycles. The highest BCUT2D eigenvalue weighted by atomic mass is 32.1. The van der Waals surface area contributed by atoms with Crippen molar-refractivity contribution in [3.8, 4) is 0 Å². The van der Waals surface area contributed by atoms with Gasteiger partial charge in [0.15, 0.2) is 5.13 Å². The van der Waals surface area contributed by atoms with E-state index >= 15 is 0 Å². The van der Waals surface area contributed by atoms with Crippen LogP contribution in [0.2, 0.25) is 0 Å². The van der Waals surface area contributed by atoms with Crippen LogP contribution >= 0.6 is 11.3 Å². The summed E-state index contributed by atoms with van der Waals surface area (Å²) in [7, 11) is 0. The van der Waals surface area contributed by atoms with Crippen LogP contribution in [0, 0.1) is 6.92 Å². The second-order valence-electron chi connectivity index (χ2n) is 5.48. The molecule has 0 fully saturated rings. The molecule has 0 spiro atoms. The molecular formula is C18H17N3O2S. The van der Waals surface area contributed by atoms with Crippen molar-refractivity contribution in [3.05, 3.63) is 59.7 Å². The Kier molecular flexibility index (Phi) is 4.86. The van der Waals surface area contributed by atoms with Crippen molar-refractivity contribution in [2.75, 3.05) is 11.9 Å². The molecule has 0 aliphatic rings. The van der Waals surface area contributed by atoms with E-state index in [1.54, 1.807) is 0 Å². The van der Waals surface area contributed by atoms with Crippen molar-refractivity contribution < 1.29 is 9.59 Å². The highest BCUT2D eigenvalue weighted by Gasteiger charge is 2.10. The van der Waals surface area contributed by atoms with Crippen LogP contribution in [0.1, 0.15) is 11.1 Å². The average Bonchev–Trinajstić information content (AvgIpc) is 2.95. The van der Waals surface area contributed by atoms with E-state index in [1.807, 2.05) is 55.5 Å². The molecule has 0 atom stereocenters. The summed E-state index contributed by atoms with van der Waals surface area (Å²) in [6, 6.07) is 15.4. The zero-order chi connectivity index (χ0) is 16.9. The van der Waals surface area contributed by atoms with Crippen LogP contribution < -0.4 is 10.6 Å². The van der Waals surface area contributed by atoms with Gasteiger partial charge < -0.3 is 10.6 Å². The third-order valence-corrected chi connectivity index (χ3v) is 4.38. The number of benzene rings is 2. The molecule has 2 amide bonds. The van der Waals surface area contributed by atoms with Gasteiger partial charge in [-0.3, -0.25) is 9.59 Å². The second-order valence-corrected chi connectivity index (χ2v) is 6.51. The summed E-state index contributed by atoms with van der Waals surface area (Å²) in [5, 5.41) is 5.88. The highest BCUT2D eigenvalue weighted by molar-refractivity contribution is 7.22. The van der Waals surface area contributed by atoms with E-state index in [-0.39, 0.29) is 24.8 Å². The predicted octanol–water partition coefficient (Wildman–Crippen LogP) is 2.90. The first-order valence-corrected chi connectivity index (χ1v) is 8.39. The Bertz CT molecular complexity index is 874. The van der Waals surface area contributed by atoms with E-state index in [9.17, 15) is 9.59 Å².